The Bertz CT molecular complexity index is 563. The van der Waals surface area contributed by atoms with Crippen molar-refractivity contribution in [3.63, 3.8) is 0 Å². The number of hydrogen-bond acceptors (Lipinski definition) is 1. The van der Waals surface area contributed by atoms with Crippen molar-refractivity contribution in [1.29, 1.82) is 0 Å². The van der Waals surface area contributed by atoms with Crippen LogP contribution in [-0.4, -0.2) is 13.6 Å². The number of hydrogen-bond donors (Lipinski definition) is 1. The molecule has 106 valence electrons. The Morgan fingerprint density at radius 2 is 1.95 bits per heavy atom. The summed E-state index contributed by atoms with van der Waals surface area (Å²) in [5.41, 5.74) is 3.01. The molecule has 0 fully saturated rings. The van der Waals surface area contributed by atoms with E-state index in [2.05, 4.69) is 30.4 Å². The molecular formula is C17H19ClFN. The lowest BCUT2D eigenvalue weighted by atomic mass is 9.91. The van der Waals surface area contributed by atoms with Gasteiger partial charge in [0, 0.05) is 23.0 Å². The third kappa shape index (κ3) is 3.59. The topological polar surface area (TPSA) is 12.0 Å². The molecule has 1 N–H and O–H groups in total. The first-order valence-electron chi connectivity index (χ1n) is 6.76. The summed E-state index contributed by atoms with van der Waals surface area (Å²) in [7, 11) is 1.91. The lowest BCUT2D eigenvalue weighted by Gasteiger charge is -2.19. The van der Waals surface area contributed by atoms with Crippen LogP contribution in [0.2, 0.25) is 5.02 Å². The Kier molecular flexibility index (Phi) is 5.16. The molecule has 0 heterocycles. The van der Waals surface area contributed by atoms with Crippen LogP contribution in [0.25, 0.3) is 0 Å². The second-order valence-electron chi connectivity index (χ2n) is 5.07. The zero-order valence-electron chi connectivity index (χ0n) is 11.8. The first kappa shape index (κ1) is 15.0. The maximum Gasteiger partial charge on any atom is 0.127 e. The maximum absolute atomic E-state index is 13.9. The Hall–Kier alpha value is -1.38. The lowest BCUT2D eigenvalue weighted by molar-refractivity contribution is 0.574. The molecule has 3 heteroatoms. The molecule has 0 aliphatic heterocycles. The zero-order valence-corrected chi connectivity index (χ0v) is 12.5. The van der Waals surface area contributed by atoms with Gasteiger partial charge in [-0.2, -0.15) is 0 Å². The van der Waals surface area contributed by atoms with Gasteiger partial charge < -0.3 is 5.32 Å². The number of aryl methyl sites for hydroxylation is 1. The van der Waals surface area contributed by atoms with E-state index in [9.17, 15) is 4.39 Å². The highest BCUT2D eigenvalue weighted by Gasteiger charge is 2.16. The summed E-state index contributed by atoms with van der Waals surface area (Å²) in [5, 5.41) is 3.68. The number of nitrogens with one attached hydrogen (secondary N) is 1. The standard InChI is InChI=1S/C17H19ClFN/c1-12-5-3-6-13(9-12)14(11-20-2)10-15-16(18)7-4-8-17(15)19/h3-9,14,20H,10-11H2,1-2H3. The Morgan fingerprint density at radius 3 is 2.60 bits per heavy atom. The van der Waals surface area contributed by atoms with Crippen molar-refractivity contribution in [3.8, 4) is 0 Å². The molecule has 0 aliphatic rings. The lowest BCUT2D eigenvalue weighted by Crippen LogP contribution is -2.19. The van der Waals surface area contributed by atoms with Gasteiger partial charge in [0.1, 0.15) is 5.82 Å². The van der Waals surface area contributed by atoms with Gasteiger partial charge in [-0.05, 0) is 38.1 Å². The van der Waals surface area contributed by atoms with Crippen molar-refractivity contribution in [2.75, 3.05) is 13.6 Å². The average Bonchev–Trinajstić information content (AvgIpc) is 2.42. The first-order chi connectivity index (χ1) is 9.61. The fourth-order valence-electron chi connectivity index (χ4n) is 2.45. The number of benzene rings is 2. The van der Waals surface area contributed by atoms with E-state index < -0.39 is 0 Å². The second kappa shape index (κ2) is 6.87. The molecule has 0 amide bonds. The van der Waals surface area contributed by atoms with Crippen LogP contribution >= 0.6 is 11.6 Å². The Morgan fingerprint density at radius 1 is 1.20 bits per heavy atom. The van der Waals surface area contributed by atoms with Gasteiger partial charge in [0.15, 0.2) is 0 Å². The maximum atomic E-state index is 13.9. The molecule has 1 nitrogen and oxygen atoms in total. The minimum atomic E-state index is -0.230. The largest absolute Gasteiger partial charge is 0.319 e. The zero-order chi connectivity index (χ0) is 14.5. The fourth-order valence-corrected chi connectivity index (χ4v) is 2.69. The smallest absolute Gasteiger partial charge is 0.127 e. The molecule has 2 rings (SSSR count). The van der Waals surface area contributed by atoms with Gasteiger partial charge in [-0.3, -0.25) is 0 Å². The summed E-state index contributed by atoms with van der Waals surface area (Å²) in [5.74, 6) is -0.0273. The molecule has 1 unspecified atom stereocenters. The minimum Gasteiger partial charge on any atom is -0.319 e. The van der Waals surface area contributed by atoms with Crippen LogP contribution < -0.4 is 5.32 Å². The van der Waals surface area contributed by atoms with Crippen LogP contribution in [0.4, 0.5) is 4.39 Å². The average molecular weight is 292 g/mol. The fraction of sp³-hybridized carbons (Fsp3) is 0.294. The van der Waals surface area contributed by atoms with Gasteiger partial charge in [0.2, 0.25) is 0 Å². The molecule has 0 spiro atoms. The molecule has 0 radical (unpaired) electrons. The summed E-state index contributed by atoms with van der Waals surface area (Å²) >= 11 is 6.13. The predicted molar refractivity (Wildman–Crippen MR) is 83.0 cm³/mol. The van der Waals surface area contributed by atoms with E-state index in [0.29, 0.717) is 17.0 Å². The van der Waals surface area contributed by atoms with Crippen molar-refractivity contribution in [3.05, 3.63) is 70.0 Å². The summed E-state index contributed by atoms with van der Waals surface area (Å²) in [6.45, 7) is 2.85. The molecule has 2 aromatic rings. The molecule has 0 saturated carbocycles. The van der Waals surface area contributed by atoms with Crippen LogP contribution in [0, 0.1) is 12.7 Å². The monoisotopic (exact) mass is 291 g/mol. The molecular weight excluding hydrogens is 273 g/mol. The van der Waals surface area contributed by atoms with Gasteiger partial charge >= 0.3 is 0 Å². The third-order valence-electron chi connectivity index (χ3n) is 3.48. The molecule has 0 aliphatic carbocycles. The minimum absolute atomic E-state index is 0.203. The number of halogens is 2. The van der Waals surface area contributed by atoms with Gasteiger partial charge in [-0.1, -0.05) is 47.5 Å². The summed E-state index contributed by atoms with van der Waals surface area (Å²) in [6.07, 6.45) is 0.593. The summed E-state index contributed by atoms with van der Waals surface area (Å²) in [4.78, 5) is 0. The van der Waals surface area contributed by atoms with Crippen LogP contribution in [0.1, 0.15) is 22.6 Å². The molecule has 1 atom stereocenters. The predicted octanol–water partition coefficient (Wildman–Crippen LogP) is 4.33. The van der Waals surface area contributed by atoms with E-state index in [1.807, 2.05) is 13.1 Å². The van der Waals surface area contributed by atoms with Crippen LogP contribution in [0.15, 0.2) is 42.5 Å². The van der Waals surface area contributed by atoms with Gasteiger partial charge in [0.05, 0.1) is 0 Å². The highest BCUT2D eigenvalue weighted by atomic mass is 35.5. The van der Waals surface area contributed by atoms with Crippen molar-refractivity contribution in [1.82, 2.24) is 5.32 Å². The molecule has 0 saturated heterocycles. The van der Waals surface area contributed by atoms with E-state index in [1.165, 1.54) is 17.2 Å². The molecule has 2 aromatic carbocycles. The highest BCUT2D eigenvalue weighted by Crippen LogP contribution is 2.27. The molecule has 20 heavy (non-hydrogen) atoms. The third-order valence-corrected chi connectivity index (χ3v) is 3.83. The number of rotatable bonds is 5. The van der Waals surface area contributed by atoms with E-state index in [0.717, 1.165) is 6.54 Å². The normalized spacial score (nSPS) is 12.4. The SMILES string of the molecule is CNCC(Cc1c(F)cccc1Cl)c1cccc(C)c1. The van der Waals surface area contributed by atoms with E-state index >= 15 is 0 Å². The molecule has 0 bridgehead atoms. The Balaban J connectivity index is 2.30. The van der Waals surface area contributed by atoms with Crippen LogP contribution in [0.5, 0.6) is 0 Å². The van der Waals surface area contributed by atoms with Gasteiger partial charge in [0.25, 0.3) is 0 Å². The molecule has 0 aromatic heterocycles. The van der Waals surface area contributed by atoms with Crippen molar-refractivity contribution in [2.24, 2.45) is 0 Å². The summed E-state index contributed by atoms with van der Waals surface area (Å²) in [6, 6.07) is 13.2. The van der Waals surface area contributed by atoms with Crippen molar-refractivity contribution < 1.29 is 4.39 Å². The van der Waals surface area contributed by atoms with Crippen LogP contribution in [-0.2, 0) is 6.42 Å². The van der Waals surface area contributed by atoms with E-state index in [-0.39, 0.29) is 11.7 Å². The highest BCUT2D eigenvalue weighted by molar-refractivity contribution is 6.31. The first-order valence-corrected chi connectivity index (χ1v) is 7.13. The van der Waals surface area contributed by atoms with Crippen molar-refractivity contribution in [2.45, 2.75) is 19.3 Å². The summed E-state index contributed by atoms with van der Waals surface area (Å²) < 4.78 is 13.9. The number of likely N-dealkylation sites (N-methyl/N-ethyl adjacent to an activating group) is 1. The van der Waals surface area contributed by atoms with Gasteiger partial charge in [-0.15, -0.1) is 0 Å². The quantitative estimate of drug-likeness (QED) is 0.864. The second-order valence-corrected chi connectivity index (χ2v) is 5.48. The Labute approximate surface area is 124 Å². The van der Waals surface area contributed by atoms with E-state index in [4.69, 9.17) is 11.6 Å². The van der Waals surface area contributed by atoms with Gasteiger partial charge in [-0.25, -0.2) is 4.39 Å². The van der Waals surface area contributed by atoms with Crippen molar-refractivity contribution >= 4 is 11.6 Å². The van der Waals surface area contributed by atoms with E-state index in [1.54, 1.807) is 12.1 Å². The van der Waals surface area contributed by atoms with Crippen LogP contribution in [0.3, 0.4) is 0 Å².